The first-order valence-electron chi connectivity index (χ1n) is 13.0. The van der Waals surface area contributed by atoms with Crippen molar-refractivity contribution in [2.75, 3.05) is 46.9 Å². The van der Waals surface area contributed by atoms with Crippen LogP contribution >= 0.6 is 0 Å². The van der Waals surface area contributed by atoms with Gasteiger partial charge in [-0.3, -0.25) is 9.59 Å². The second-order valence-corrected chi connectivity index (χ2v) is 10.9. The third-order valence-corrected chi connectivity index (χ3v) is 6.31. The Morgan fingerprint density at radius 2 is 1.04 bits per heavy atom. The van der Waals surface area contributed by atoms with Gasteiger partial charge in [-0.2, -0.15) is 79.0 Å². The summed E-state index contributed by atoms with van der Waals surface area (Å²) in [5, 5.41) is 11.0. The lowest BCUT2D eigenvalue weighted by Gasteiger charge is -2.33. The zero-order valence-electron chi connectivity index (χ0n) is 24.7. The van der Waals surface area contributed by atoms with Crippen LogP contribution in [0, 0.1) is 0 Å². The van der Waals surface area contributed by atoms with E-state index in [1.165, 1.54) is 14.1 Å². The molecule has 0 bridgehead atoms. The molecule has 1 unspecified atom stereocenters. The van der Waals surface area contributed by atoms with Crippen LogP contribution in [-0.4, -0.2) is 128 Å². The maximum Gasteiger partial charge on any atom is 0.460 e. The minimum absolute atomic E-state index is 0.0356. The van der Waals surface area contributed by atoms with Crippen molar-refractivity contribution >= 4 is 17.9 Å². The maximum atomic E-state index is 13.7. The van der Waals surface area contributed by atoms with E-state index in [-0.39, 0.29) is 17.4 Å². The predicted molar refractivity (Wildman–Crippen MR) is 123 cm³/mol. The molecule has 8 nitrogen and oxygen atoms in total. The summed E-state index contributed by atoms with van der Waals surface area (Å²) in [5.74, 6) is -46.2. The Hall–Kier alpha value is -2.93. The van der Waals surface area contributed by atoms with Crippen molar-refractivity contribution in [1.82, 2.24) is 5.32 Å². The van der Waals surface area contributed by atoms with E-state index in [9.17, 15) is 93.4 Å². The molecule has 0 amide bonds. The molecule has 0 heterocycles. The Labute approximate surface area is 263 Å². The quantitative estimate of drug-likeness (QED) is 0.0711. The van der Waals surface area contributed by atoms with Crippen LogP contribution in [0.25, 0.3) is 0 Å². The smallest absolute Gasteiger partial charge is 0.460 e. The van der Waals surface area contributed by atoms with E-state index >= 15 is 0 Å². The monoisotopic (exact) mass is 769 g/mol. The number of aliphatic carboxylic acids is 1. The highest BCUT2D eigenvalue weighted by atomic mass is 19.4. The molecule has 2 N–H and O–H groups in total. The lowest BCUT2D eigenvalue weighted by molar-refractivity contribution is -0.883. The van der Waals surface area contributed by atoms with Gasteiger partial charge in [0.25, 0.3) is 0 Å². The number of rotatable bonds is 20. The molecule has 26 heteroatoms. The van der Waals surface area contributed by atoms with Crippen LogP contribution in [0.3, 0.4) is 0 Å². The van der Waals surface area contributed by atoms with Gasteiger partial charge in [-0.25, -0.2) is 4.79 Å². The molecule has 0 radical (unpaired) electrons. The fraction of sp³-hybridized carbons (Fsp3) is 0.870. The van der Waals surface area contributed by atoms with Gasteiger partial charge < -0.3 is 24.4 Å². The van der Waals surface area contributed by atoms with Gasteiger partial charge in [-0.1, -0.05) is 0 Å². The van der Waals surface area contributed by atoms with Crippen LogP contribution in [0.15, 0.2) is 0 Å². The SMILES string of the molecule is C[N+](C)(CCCNC(CC(=O)OCCC(F)(F)C(F)(F)C(F)(F)C(F)(F)F)C(=O)OCCC(F)(F)C(F)(F)C(F)(F)C(F)(F)F)CC(=O)O. The van der Waals surface area contributed by atoms with E-state index in [1.54, 1.807) is 0 Å². The number of carboxylic acid groups (broad SMARTS) is 1. The Bertz CT molecular complexity index is 1140. The number of carbonyl (C=O) groups excluding carboxylic acids is 2. The average Bonchev–Trinajstić information content (AvgIpc) is 2.87. The largest absolute Gasteiger partial charge is 0.477 e. The molecule has 0 aromatic heterocycles. The molecule has 290 valence electrons. The Morgan fingerprint density at radius 3 is 1.41 bits per heavy atom. The number of likely N-dealkylation sites (N-methyl/N-ethyl adjacent to an activating group) is 1. The van der Waals surface area contributed by atoms with Crippen molar-refractivity contribution in [2.45, 2.75) is 79.6 Å². The normalized spacial score (nSPS) is 15.2. The number of nitrogens with zero attached hydrogens (tertiary/aromatic N) is 1. The summed E-state index contributed by atoms with van der Waals surface area (Å²) in [6, 6.07) is -2.22. The van der Waals surface area contributed by atoms with Crippen LogP contribution in [0.2, 0.25) is 0 Å². The van der Waals surface area contributed by atoms with Crippen LogP contribution in [0.1, 0.15) is 25.7 Å². The number of hydrogen-bond donors (Lipinski definition) is 2. The summed E-state index contributed by atoms with van der Waals surface area (Å²) < 4.78 is 242. The first kappa shape index (κ1) is 46.1. The topological polar surface area (TPSA) is 102 Å². The third kappa shape index (κ3) is 11.3. The van der Waals surface area contributed by atoms with Crippen LogP contribution < -0.4 is 5.32 Å². The predicted octanol–water partition coefficient (Wildman–Crippen LogP) is 5.69. The molecule has 0 saturated carbocycles. The van der Waals surface area contributed by atoms with E-state index in [4.69, 9.17) is 5.11 Å². The number of esters is 2. The second kappa shape index (κ2) is 15.5. The summed E-state index contributed by atoms with van der Waals surface area (Å²) in [4.78, 5) is 35.2. The molecule has 49 heavy (non-hydrogen) atoms. The molecule has 0 fully saturated rings. The van der Waals surface area contributed by atoms with Gasteiger partial charge in [0.1, 0.15) is 6.04 Å². The van der Waals surface area contributed by atoms with Crippen molar-refractivity contribution in [3.63, 3.8) is 0 Å². The van der Waals surface area contributed by atoms with Crippen LogP contribution in [0.5, 0.6) is 0 Å². The van der Waals surface area contributed by atoms with Crippen molar-refractivity contribution < 1.29 is 112 Å². The number of carbonyl (C=O) groups is 3. The molecule has 0 aliphatic rings. The highest BCUT2D eigenvalue weighted by Gasteiger charge is 2.82. The lowest BCUT2D eigenvalue weighted by atomic mass is 10.0. The molecule has 0 aromatic carbocycles. The molecule has 0 saturated heterocycles. The molecule has 0 aliphatic carbocycles. The number of hydrogen-bond acceptors (Lipinski definition) is 6. The van der Waals surface area contributed by atoms with E-state index < -0.39 is 117 Å². The van der Waals surface area contributed by atoms with Crippen LogP contribution in [0.4, 0.5) is 79.0 Å². The summed E-state index contributed by atoms with van der Waals surface area (Å²) in [6.45, 7) is -5.00. The fourth-order valence-corrected chi connectivity index (χ4v) is 3.50. The number of alkyl halides is 18. The molecule has 0 spiro atoms. The maximum absolute atomic E-state index is 13.7. The Morgan fingerprint density at radius 1 is 0.653 bits per heavy atom. The van der Waals surface area contributed by atoms with E-state index in [0.29, 0.717) is 0 Å². The molecule has 0 rings (SSSR count). The molecular weight excluding hydrogens is 742 g/mol. The lowest BCUT2D eigenvalue weighted by Crippen LogP contribution is -2.61. The molecule has 0 aromatic rings. The van der Waals surface area contributed by atoms with Crippen molar-refractivity contribution in [1.29, 1.82) is 0 Å². The van der Waals surface area contributed by atoms with E-state index in [0.717, 1.165) is 0 Å². The standard InChI is InChI=1S/C23H26F18N2O6/c1-43(2,11-13(44)45)7-3-6-42-12(15(47)49-9-5-17(26,27)19(30,31)21(34,35)23(39,40)41)10-14(46)48-8-4-16(24,25)18(28,29)20(32,33)22(36,37)38/h12,42H,3-11H2,1-2H3/p+1. The van der Waals surface area contributed by atoms with Crippen molar-refractivity contribution in [3.8, 4) is 0 Å². The summed E-state index contributed by atoms with van der Waals surface area (Å²) in [7, 11) is 2.78. The second-order valence-electron chi connectivity index (χ2n) is 10.9. The number of ether oxygens (including phenoxy) is 2. The summed E-state index contributed by atoms with van der Waals surface area (Å²) in [5.41, 5.74) is 0. The fourth-order valence-electron chi connectivity index (χ4n) is 3.50. The zero-order chi connectivity index (χ0) is 39.3. The highest BCUT2D eigenvalue weighted by Crippen LogP contribution is 2.55. The average molecular weight is 769 g/mol. The molecule has 1 atom stereocenters. The van der Waals surface area contributed by atoms with Gasteiger partial charge in [0.05, 0.1) is 53.1 Å². The van der Waals surface area contributed by atoms with Gasteiger partial charge >= 0.3 is 65.8 Å². The van der Waals surface area contributed by atoms with E-state index in [1.807, 2.05) is 0 Å². The van der Waals surface area contributed by atoms with Gasteiger partial charge in [0.2, 0.25) is 0 Å². The third-order valence-electron chi connectivity index (χ3n) is 6.31. The summed E-state index contributed by atoms with van der Waals surface area (Å²) in [6.07, 6.45) is -21.3. The van der Waals surface area contributed by atoms with E-state index in [2.05, 4.69) is 14.8 Å². The summed E-state index contributed by atoms with van der Waals surface area (Å²) >= 11 is 0. The number of nitrogens with one attached hydrogen (secondary N) is 1. The number of quaternary nitrogens is 1. The number of halogens is 18. The van der Waals surface area contributed by atoms with Crippen molar-refractivity contribution in [2.24, 2.45) is 0 Å². The van der Waals surface area contributed by atoms with Gasteiger partial charge in [0.15, 0.2) is 6.54 Å². The zero-order valence-corrected chi connectivity index (χ0v) is 24.7. The van der Waals surface area contributed by atoms with Gasteiger partial charge in [0, 0.05) is 13.0 Å². The van der Waals surface area contributed by atoms with Crippen molar-refractivity contribution in [3.05, 3.63) is 0 Å². The highest BCUT2D eigenvalue weighted by molar-refractivity contribution is 5.82. The number of carboxylic acids is 1. The molecule has 0 aliphatic heterocycles. The van der Waals surface area contributed by atoms with Gasteiger partial charge in [-0.15, -0.1) is 0 Å². The first-order valence-corrected chi connectivity index (χ1v) is 13.0. The Balaban J connectivity index is 5.71. The van der Waals surface area contributed by atoms with Gasteiger partial charge in [-0.05, 0) is 0 Å². The first-order chi connectivity index (χ1) is 21.5. The minimum Gasteiger partial charge on any atom is -0.477 e. The molecular formula is C23H27F18N2O6+. The van der Waals surface area contributed by atoms with Crippen LogP contribution in [-0.2, 0) is 23.9 Å². The Kier molecular flexibility index (Phi) is 14.6. The minimum atomic E-state index is -7.28.